The quantitative estimate of drug-likeness (QED) is 0.736. The van der Waals surface area contributed by atoms with Crippen LogP contribution in [0.3, 0.4) is 0 Å². The fourth-order valence-corrected chi connectivity index (χ4v) is 1.19. The zero-order chi connectivity index (χ0) is 12.5. The van der Waals surface area contributed by atoms with Crippen LogP contribution < -0.4 is 10.1 Å². The summed E-state index contributed by atoms with van der Waals surface area (Å²) in [6, 6.07) is 3.46. The molecule has 0 saturated carbocycles. The fraction of sp³-hybridized carbons (Fsp3) is 0.500. The maximum absolute atomic E-state index is 11.4. The van der Waals surface area contributed by atoms with Crippen molar-refractivity contribution in [1.29, 1.82) is 0 Å². The molecular weight excluding hydrogens is 220 g/mol. The van der Waals surface area contributed by atoms with E-state index >= 15 is 0 Å². The average Bonchev–Trinajstić information content (AvgIpc) is 2.32. The molecule has 17 heavy (non-hydrogen) atoms. The van der Waals surface area contributed by atoms with Crippen molar-refractivity contribution in [3.8, 4) is 5.88 Å². The Morgan fingerprint density at radius 3 is 2.82 bits per heavy atom. The highest BCUT2D eigenvalue weighted by Gasteiger charge is 2.02. The smallest absolute Gasteiger partial charge is 0.250 e. The highest BCUT2D eigenvalue weighted by atomic mass is 16.5. The summed E-state index contributed by atoms with van der Waals surface area (Å²) in [6.07, 6.45) is 2.46. The van der Waals surface area contributed by atoms with Crippen molar-refractivity contribution in [2.75, 3.05) is 25.1 Å². The highest BCUT2D eigenvalue weighted by molar-refractivity contribution is 5.91. The second kappa shape index (κ2) is 7.62. The predicted octanol–water partition coefficient (Wildman–Crippen LogP) is 1.85. The molecule has 1 rings (SSSR count). The van der Waals surface area contributed by atoms with Gasteiger partial charge in [0.25, 0.3) is 0 Å². The molecule has 5 heteroatoms. The van der Waals surface area contributed by atoms with Gasteiger partial charge in [0.05, 0.1) is 18.5 Å². The molecule has 0 bridgehead atoms. The van der Waals surface area contributed by atoms with Crippen LogP contribution in [0, 0.1) is 0 Å². The highest BCUT2D eigenvalue weighted by Crippen LogP contribution is 2.11. The Hall–Kier alpha value is -1.62. The SMILES string of the molecule is CCCOCC(=O)Nc1ccc(OCC)nc1. The molecule has 0 fully saturated rings. The molecule has 0 radical (unpaired) electrons. The lowest BCUT2D eigenvalue weighted by Gasteiger charge is -2.06. The van der Waals surface area contributed by atoms with Crippen molar-refractivity contribution in [2.45, 2.75) is 20.3 Å². The Labute approximate surface area is 101 Å². The molecule has 0 saturated heterocycles. The largest absolute Gasteiger partial charge is 0.478 e. The summed E-state index contributed by atoms with van der Waals surface area (Å²) in [5, 5.41) is 2.69. The van der Waals surface area contributed by atoms with E-state index in [9.17, 15) is 4.79 Å². The zero-order valence-corrected chi connectivity index (χ0v) is 10.2. The van der Waals surface area contributed by atoms with Crippen molar-refractivity contribution in [2.24, 2.45) is 0 Å². The Kier molecular flexibility index (Phi) is 6.03. The summed E-state index contributed by atoms with van der Waals surface area (Å²) < 4.78 is 10.3. The van der Waals surface area contributed by atoms with Crippen LogP contribution in [0.5, 0.6) is 5.88 Å². The van der Waals surface area contributed by atoms with E-state index in [1.807, 2.05) is 13.8 Å². The molecule has 1 heterocycles. The van der Waals surface area contributed by atoms with Crippen LogP contribution >= 0.6 is 0 Å². The summed E-state index contributed by atoms with van der Waals surface area (Å²) in [5.74, 6) is 0.372. The number of pyridine rings is 1. The topological polar surface area (TPSA) is 60.5 Å². The third-order valence-electron chi connectivity index (χ3n) is 1.89. The minimum atomic E-state index is -0.176. The van der Waals surface area contributed by atoms with Crippen molar-refractivity contribution >= 4 is 11.6 Å². The molecule has 1 aromatic rings. The van der Waals surface area contributed by atoms with Gasteiger partial charge in [-0.2, -0.15) is 0 Å². The van der Waals surface area contributed by atoms with Gasteiger partial charge in [0, 0.05) is 12.7 Å². The van der Waals surface area contributed by atoms with Crippen molar-refractivity contribution in [1.82, 2.24) is 4.98 Å². The van der Waals surface area contributed by atoms with Crippen LogP contribution in [0.25, 0.3) is 0 Å². The van der Waals surface area contributed by atoms with Crippen molar-refractivity contribution in [3.63, 3.8) is 0 Å². The van der Waals surface area contributed by atoms with Crippen LogP contribution in [0.2, 0.25) is 0 Å². The molecule has 5 nitrogen and oxygen atoms in total. The minimum absolute atomic E-state index is 0.0705. The number of carbonyl (C=O) groups excluding carboxylic acids is 1. The van der Waals surface area contributed by atoms with Crippen LogP contribution in [0.4, 0.5) is 5.69 Å². The van der Waals surface area contributed by atoms with Gasteiger partial charge < -0.3 is 14.8 Å². The normalized spacial score (nSPS) is 10.0. The summed E-state index contributed by atoms with van der Waals surface area (Å²) in [7, 11) is 0. The number of amides is 1. The van der Waals surface area contributed by atoms with E-state index < -0.39 is 0 Å². The van der Waals surface area contributed by atoms with E-state index in [0.29, 0.717) is 24.8 Å². The summed E-state index contributed by atoms with van der Waals surface area (Å²) in [6.45, 7) is 5.12. The summed E-state index contributed by atoms with van der Waals surface area (Å²) >= 11 is 0. The maximum Gasteiger partial charge on any atom is 0.250 e. The fourth-order valence-electron chi connectivity index (χ4n) is 1.19. The Balaban J connectivity index is 2.37. The molecule has 0 unspecified atom stereocenters. The first-order valence-electron chi connectivity index (χ1n) is 5.72. The first kappa shape index (κ1) is 13.4. The predicted molar refractivity (Wildman–Crippen MR) is 65.1 cm³/mol. The van der Waals surface area contributed by atoms with Crippen LogP contribution in [-0.2, 0) is 9.53 Å². The number of hydrogen-bond donors (Lipinski definition) is 1. The van der Waals surface area contributed by atoms with Gasteiger partial charge >= 0.3 is 0 Å². The van der Waals surface area contributed by atoms with Crippen molar-refractivity contribution < 1.29 is 14.3 Å². The van der Waals surface area contributed by atoms with Crippen LogP contribution in [0.15, 0.2) is 18.3 Å². The van der Waals surface area contributed by atoms with E-state index in [1.165, 1.54) is 0 Å². The van der Waals surface area contributed by atoms with Gasteiger partial charge in [-0.15, -0.1) is 0 Å². The third kappa shape index (κ3) is 5.31. The molecule has 0 aliphatic heterocycles. The summed E-state index contributed by atoms with van der Waals surface area (Å²) in [4.78, 5) is 15.4. The molecular formula is C12H18N2O3. The number of anilines is 1. The van der Waals surface area contributed by atoms with E-state index in [-0.39, 0.29) is 12.5 Å². The van der Waals surface area contributed by atoms with Crippen molar-refractivity contribution in [3.05, 3.63) is 18.3 Å². The number of carbonyl (C=O) groups is 1. The lowest BCUT2D eigenvalue weighted by atomic mass is 10.4. The van der Waals surface area contributed by atoms with Gasteiger partial charge in [-0.3, -0.25) is 4.79 Å². The standard InChI is InChI=1S/C12H18N2O3/c1-3-7-16-9-11(15)14-10-5-6-12(13-8-10)17-4-2/h5-6,8H,3-4,7,9H2,1-2H3,(H,14,15). The van der Waals surface area contributed by atoms with Gasteiger partial charge in [0.1, 0.15) is 6.61 Å². The van der Waals surface area contributed by atoms with Crippen LogP contribution in [-0.4, -0.2) is 30.7 Å². The molecule has 1 amide bonds. The second-order valence-electron chi connectivity index (χ2n) is 3.42. The first-order chi connectivity index (χ1) is 8.26. The first-order valence-corrected chi connectivity index (χ1v) is 5.72. The molecule has 0 aliphatic rings. The average molecular weight is 238 g/mol. The van der Waals surface area contributed by atoms with Gasteiger partial charge in [-0.1, -0.05) is 6.92 Å². The van der Waals surface area contributed by atoms with Crippen LogP contribution in [0.1, 0.15) is 20.3 Å². The second-order valence-corrected chi connectivity index (χ2v) is 3.42. The molecule has 1 aromatic heterocycles. The lowest BCUT2D eigenvalue weighted by Crippen LogP contribution is -2.18. The van der Waals surface area contributed by atoms with Gasteiger partial charge in [0.2, 0.25) is 11.8 Å². The molecule has 1 N–H and O–H groups in total. The minimum Gasteiger partial charge on any atom is -0.478 e. The number of nitrogens with zero attached hydrogens (tertiary/aromatic N) is 1. The maximum atomic E-state index is 11.4. The van der Waals surface area contributed by atoms with E-state index in [2.05, 4.69) is 10.3 Å². The van der Waals surface area contributed by atoms with E-state index in [0.717, 1.165) is 6.42 Å². The number of nitrogens with one attached hydrogen (secondary N) is 1. The molecule has 0 aromatic carbocycles. The lowest BCUT2D eigenvalue weighted by molar-refractivity contribution is -0.120. The Bertz CT molecular complexity index is 338. The zero-order valence-electron chi connectivity index (χ0n) is 10.2. The number of rotatable bonds is 7. The third-order valence-corrected chi connectivity index (χ3v) is 1.89. The monoisotopic (exact) mass is 238 g/mol. The molecule has 0 aliphatic carbocycles. The van der Waals surface area contributed by atoms with Gasteiger partial charge in [-0.25, -0.2) is 4.98 Å². The molecule has 0 spiro atoms. The van der Waals surface area contributed by atoms with Gasteiger partial charge in [-0.05, 0) is 19.4 Å². The number of aromatic nitrogens is 1. The number of hydrogen-bond acceptors (Lipinski definition) is 4. The van der Waals surface area contributed by atoms with E-state index in [1.54, 1.807) is 18.3 Å². The summed E-state index contributed by atoms with van der Waals surface area (Å²) in [5.41, 5.74) is 0.638. The Morgan fingerprint density at radius 2 is 2.24 bits per heavy atom. The Morgan fingerprint density at radius 1 is 1.41 bits per heavy atom. The molecule has 0 atom stereocenters. The van der Waals surface area contributed by atoms with E-state index in [4.69, 9.17) is 9.47 Å². The number of ether oxygens (including phenoxy) is 2. The molecule has 94 valence electrons. The van der Waals surface area contributed by atoms with Gasteiger partial charge in [0.15, 0.2) is 0 Å².